The van der Waals surface area contributed by atoms with Crippen molar-refractivity contribution in [2.75, 3.05) is 23.9 Å². The number of carbonyl (C=O) groups excluding carboxylic acids is 1. The Bertz CT molecular complexity index is 1050. The number of hydrogen-bond acceptors (Lipinski definition) is 8. The fourth-order valence-corrected chi connectivity index (χ4v) is 5.51. The van der Waals surface area contributed by atoms with Crippen molar-refractivity contribution in [2.24, 2.45) is 21.8 Å². The van der Waals surface area contributed by atoms with E-state index in [9.17, 15) is 18.1 Å². The number of carbonyl (C=O) groups is 1. The molecular formula is C23H38N6O4S. The minimum atomic E-state index is -4.06. The van der Waals surface area contributed by atoms with Gasteiger partial charge in [-0.15, -0.1) is 4.91 Å². The largest absolute Gasteiger partial charge is 0.403 e. The van der Waals surface area contributed by atoms with Crippen LogP contribution in [0.15, 0.2) is 28.5 Å². The number of ketones is 1. The third kappa shape index (κ3) is 6.75. The number of aromatic nitrogens is 1. The summed E-state index contributed by atoms with van der Waals surface area (Å²) in [4.78, 5) is 27.3. The Balaban J connectivity index is 2.35. The first-order valence-corrected chi connectivity index (χ1v) is 12.9. The maximum atomic E-state index is 12.8. The van der Waals surface area contributed by atoms with E-state index >= 15 is 0 Å². The topological polar surface area (TPSA) is 147 Å². The predicted octanol–water partition coefficient (Wildman–Crippen LogP) is 3.63. The molecule has 0 radical (unpaired) electrons. The fourth-order valence-electron chi connectivity index (χ4n) is 4.04. The number of hydrogen-bond donors (Lipinski definition) is 3. The van der Waals surface area contributed by atoms with Crippen LogP contribution in [0.3, 0.4) is 0 Å². The van der Waals surface area contributed by atoms with Crippen molar-refractivity contribution in [3.63, 3.8) is 0 Å². The van der Waals surface area contributed by atoms with Gasteiger partial charge in [-0.3, -0.25) is 4.79 Å². The summed E-state index contributed by atoms with van der Waals surface area (Å²) in [5.74, 6) is -0.239. The van der Waals surface area contributed by atoms with Crippen LogP contribution in [0.1, 0.15) is 72.4 Å². The Morgan fingerprint density at radius 2 is 2.00 bits per heavy atom. The zero-order chi connectivity index (χ0) is 25.9. The van der Waals surface area contributed by atoms with Crippen molar-refractivity contribution in [1.82, 2.24) is 9.71 Å². The van der Waals surface area contributed by atoms with E-state index in [1.54, 1.807) is 7.05 Å². The molecule has 4 N–H and O–H groups in total. The number of sulfonamides is 1. The molecule has 1 aliphatic rings. The summed E-state index contributed by atoms with van der Waals surface area (Å²) in [7, 11) is -2.51. The first-order chi connectivity index (χ1) is 15.6. The number of pyridine rings is 1. The molecule has 1 heterocycles. The van der Waals surface area contributed by atoms with Crippen LogP contribution in [0.2, 0.25) is 0 Å². The van der Waals surface area contributed by atoms with Crippen LogP contribution in [0.25, 0.3) is 0 Å². The Kier molecular flexibility index (Phi) is 8.47. The molecule has 1 fully saturated rings. The van der Waals surface area contributed by atoms with Crippen LogP contribution in [0.5, 0.6) is 0 Å². The number of allylic oxidation sites excluding steroid dienone is 1. The molecule has 10 nitrogen and oxygen atoms in total. The molecule has 190 valence electrons. The molecule has 0 aromatic carbocycles. The highest BCUT2D eigenvalue weighted by atomic mass is 32.2. The second-order valence-corrected chi connectivity index (χ2v) is 12.5. The highest BCUT2D eigenvalue weighted by Crippen LogP contribution is 2.43. The summed E-state index contributed by atoms with van der Waals surface area (Å²) in [5.41, 5.74) is 6.57. The minimum Gasteiger partial charge on any atom is -0.403 e. The Morgan fingerprint density at radius 1 is 1.35 bits per heavy atom. The van der Waals surface area contributed by atoms with Gasteiger partial charge in [0.15, 0.2) is 11.6 Å². The molecule has 2 rings (SSSR count). The lowest BCUT2D eigenvalue weighted by molar-refractivity contribution is -0.113. The minimum absolute atomic E-state index is 0.0269. The van der Waals surface area contributed by atoms with E-state index in [1.807, 2.05) is 26.0 Å². The second kappa shape index (κ2) is 10.4. The van der Waals surface area contributed by atoms with Gasteiger partial charge in [0.1, 0.15) is 4.91 Å². The Labute approximate surface area is 202 Å². The molecule has 2 atom stereocenters. The summed E-state index contributed by atoms with van der Waals surface area (Å²) < 4.78 is 28.3. The highest BCUT2D eigenvalue weighted by Gasteiger charge is 2.40. The van der Waals surface area contributed by atoms with Crippen molar-refractivity contribution >= 4 is 27.3 Å². The first kappa shape index (κ1) is 27.7. The maximum Gasteiger partial charge on any atom is 0.245 e. The fraction of sp³-hybridized carbons (Fsp3) is 0.652. The SMILES string of the molecule is CC(=O)C(=CN)S(=O)(=O)NC1CC(c2ccc(NCC(C)(C)C)c(N(C)N=O)n2)CCC1(C)C. The van der Waals surface area contributed by atoms with Crippen LogP contribution in [0, 0.1) is 15.7 Å². The number of nitrogens with one attached hydrogen (secondary N) is 2. The third-order valence-corrected chi connectivity index (χ3v) is 7.84. The molecule has 0 spiro atoms. The van der Waals surface area contributed by atoms with E-state index in [1.165, 1.54) is 11.9 Å². The summed E-state index contributed by atoms with van der Waals surface area (Å²) in [5, 5.41) is 7.54. The van der Waals surface area contributed by atoms with Gasteiger partial charge in [-0.05, 0) is 49.1 Å². The number of rotatable bonds is 9. The van der Waals surface area contributed by atoms with Gasteiger partial charge in [0.25, 0.3) is 0 Å². The molecule has 0 bridgehead atoms. The molecule has 1 aliphatic carbocycles. The van der Waals surface area contributed by atoms with Gasteiger partial charge in [0.2, 0.25) is 10.0 Å². The first-order valence-electron chi connectivity index (χ1n) is 11.4. The molecule has 1 aromatic rings. The molecule has 0 aliphatic heterocycles. The van der Waals surface area contributed by atoms with Gasteiger partial charge in [0, 0.05) is 37.4 Å². The van der Waals surface area contributed by atoms with E-state index in [4.69, 9.17) is 10.7 Å². The number of Topliss-reactive ketones (excluding diaryl/α,β-unsaturated/α-hetero) is 1. The van der Waals surface area contributed by atoms with E-state index < -0.39 is 26.8 Å². The molecule has 11 heteroatoms. The lowest BCUT2D eigenvalue weighted by atomic mass is 9.69. The molecule has 34 heavy (non-hydrogen) atoms. The number of nitrogens with zero attached hydrogens (tertiary/aromatic N) is 3. The van der Waals surface area contributed by atoms with Crippen LogP contribution >= 0.6 is 0 Å². The molecule has 1 aromatic heterocycles. The van der Waals surface area contributed by atoms with Crippen molar-refractivity contribution < 1.29 is 13.2 Å². The molecule has 0 saturated heterocycles. The number of anilines is 2. The molecular weight excluding hydrogens is 456 g/mol. The van der Waals surface area contributed by atoms with E-state index in [0.29, 0.717) is 24.5 Å². The predicted molar refractivity (Wildman–Crippen MR) is 136 cm³/mol. The van der Waals surface area contributed by atoms with Crippen LogP contribution in [-0.4, -0.2) is 38.8 Å². The van der Waals surface area contributed by atoms with Gasteiger partial charge in [-0.2, -0.15) is 0 Å². The quantitative estimate of drug-likeness (QED) is 0.268. The van der Waals surface area contributed by atoms with Gasteiger partial charge >= 0.3 is 0 Å². The summed E-state index contributed by atoms with van der Waals surface area (Å²) in [6, 6.07) is 3.36. The van der Waals surface area contributed by atoms with Crippen molar-refractivity contribution in [2.45, 2.75) is 72.8 Å². The van der Waals surface area contributed by atoms with Gasteiger partial charge in [-0.1, -0.05) is 34.6 Å². The zero-order valence-electron chi connectivity index (χ0n) is 21.2. The normalized spacial score (nSPS) is 21.1. The van der Waals surface area contributed by atoms with E-state index in [-0.39, 0.29) is 16.7 Å². The van der Waals surface area contributed by atoms with E-state index in [2.05, 4.69) is 36.1 Å². The molecule has 1 saturated carbocycles. The number of nitroso groups, excluding NO2 is 1. The second-order valence-electron chi connectivity index (χ2n) is 10.8. The van der Waals surface area contributed by atoms with Crippen molar-refractivity contribution in [3.05, 3.63) is 33.8 Å². The Morgan fingerprint density at radius 3 is 2.53 bits per heavy atom. The van der Waals surface area contributed by atoms with E-state index in [0.717, 1.165) is 24.7 Å². The third-order valence-electron chi connectivity index (χ3n) is 6.24. The molecule has 2 unspecified atom stereocenters. The van der Waals surface area contributed by atoms with Gasteiger partial charge < -0.3 is 11.1 Å². The van der Waals surface area contributed by atoms with Crippen LogP contribution in [-0.2, 0) is 14.8 Å². The lowest BCUT2D eigenvalue weighted by Crippen LogP contribution is -2.49. The lowest BCUT2D eigenvalue weighted by Gasteiger charge is -2.42. The summed E-state index contributed by atoms with van der Waals surface area (Å²) in [6.07, 6.45) is 2.87. The van der Waals surface area contributed by atoms with Gasteiger partial charge in [-0.25, -0.2) is 23.1 Å². The van der Waals surface area contributed by atoms with Crippen LogP contribution in [0.4, 0.5) is 11.5 Å². The van der Waals surface area contributed by atoms with Crippen molar-refractivity contribution in [3.8, 4) is 0 Å². The smallest absolute Gasteiger partial charge is 0.245 e. The standard InChI is InChI=1S/C23H38N6O4S/c1-15(30)19(13-24)34(32,33)27-20-12-16(10-11-23(20,5)6)17-8-9-18(25-14-22(2,3)4)21(26-17)29(7)28-31/h8-9,13,16,20,25,27H,10-12,14,24H2,1-7H3. The van der Waals surface area contributed by atoms with Gasteiger partial charge in [0.05, 0.1) is 11.0 Å². The highest BCUT2D eigenvalue weighted by molar-refractivity contribution is 7.94. The average Bonchev–Trinajstić information content (AvgIpc) is 2.72. The molecule has 0 amide bonds. The van der Waals surface area contributed by atoms with Crippen molar-refractivity contribution in [1.29, 1.82) is 0 Å². The Hall–Kier alpha value is -2.53. The summed E-state index contributed by atoms with van der Waals surface area (Å²) >= 11 is 0. The maximum absolute atomic E-state index is 12.8. The van der Waals surface area contributed by atoms with Crippen LogP contribution < -0.4 is 20.8 Å². The summed E-state index contributed by atoms with van der Waals surface area (Å²) in [6.45, 7) is 12.2. The monoisotopic (exact) mass is 494 g/mol. The number of nitrogens with two attached hydrogens (primary N) is 1. The zero-order valence-corrected chi connectivity index (χ0v) is 22.0. The average molecular weight is 495 g/mol.